The van der Waals surface area contributed by atoms with E-state index in [1.54, 1.807) is 24.3 Å². The minimum Gasteiger partial charge on any atom is -0.494 e. The normalized spacial score (nSPS) is 17.8. The smallest absolute Gasteiger partial charge is 0.240 e. The summed E-state index contributed by atoms with van der Waals surface area (Å²) in [5.41, 5.74) is 1.01. The Morgan fingerprint density at radius 2 is 1.76 bits per heavy atom. The van der Waals surface area contributed by atoms with Crippen LogP contribution in [-0.4, -0.2) is 71.4 Å². The molecule has 2 aromatic rings. The van der Waals surface area contributed by atoms with E-state index in [4.69, 9.17) is 14.2 Å². The average Bonchev–Trinajstić information content (AvgIpc) is 3.29. The zero-order valence-electron chi connectivity index (χ0n) is 19.3. The molecule has 0 bridgehead atoms. The van der Waals surface area contributed by atoms with Gasteiger partial charge in [-0.05, 0) is 55.4 Å². The van der Waals surface area contributed by atoms with E-state index in [1.807, 2.05) is 18.2 Å². The fraction of sp³-hybridized carbons (Fsp3) is 0.500. The molecule has 2 heterocycles. The Morgan fingerprint density at radius 3 is 2.48 bits per heavy atom. The first-order chi connectivity index (χ1) is 16.0. The van der Waals surface area contributed by atoms with E-state index in [1.165, 1.54) is 0 Å². The summed E-state index contributed by atoms with van der Waals surface area (Å²) in [5.74, 6) is 2.10. The van der Waals surface area contributed by atoms with Gasteiger partial charge in [-0.1, -0.05) is 19.4 Å². The van der Waals surface area contributed by atoms with E-state index in [2.05, 4.69) is 28.5 Å². The molecule has 4 rings (SSSR count). The van der Waals surface area contributed by atoms with Gasteiger partial charge in [0, 0.05) is 38.8 Å². The van der Waals surface area contributed by atoms with Gasteiger partial charge in [-0.3, -0.25) is 4.90 Å². The molecule has 1 fully saturated rings. The van der Waals surface area contributed by atoms with Gasteiger partial charge in [0.1, 0.15) is 5.75 Å². The highest BCUT2D eigenvalue weighted by molar-refractivity contribution is 7.89. The maximum absolute atomic E-state index is 13.0. The topological polar surface area (TPSA) is 80.3 Å². The van der Waals surface area contributed by atoms with Crippen LogP contribution in [-0.2, 0) is 10.0 Å². The molecule has 1 N–H and O–H groups in total. The number of likely N-dealkylation sites (N-methyl/N-ethyl adjacent to an activating group) is 1. The van der Waals surface area contributed by atoms with Crippen molar-refractivity contribution in [2.24, 2.45) is 0 Å². The minimum absolute atomic E-state index is 0.111. The molecule has 8 nitrogen and oxygen atoms in total. The predicted molar refractivity (Wildman–Crippen MR) is 126 cm³/mol. The molecule has 180 valence electrons. The number of sulfonamides is 1. The van der Waals surface area contributed by atoms with Crippen molar-refractivity contribution in [1.82, 2.24) is 14.5 Å². The molecule has 0 spiro atoms. The van der Waals surface area contributed by atoms with Gasteiger partial charge in [0.2, 0.25) is 16.8 Å². The SMILES string of the molecule is CCCCOc1ccc(S(=O)(=O)NCC(c2ccc3c(c2)OCO3)N2CCN(C)CC2)cc1. The number of rotatable bonds is 10. The highest BCUT2D eigenvalue weighted by atomic mass is 32.2. The number of fused-ring (bicyclic) bond motifs is 1. The third-order valence-electron chi connectivity index (χ3n) is 6.13. The lowest BCUT2D eigenvalue weighted by atomic mass is 10.0. The molecule has 2 aliphatic heterocycles. The minimum atomic E-state index is -3.66. The van der Waals surface area contributed by atoms with E-state index in [0.29, 0.717) is 18.1 Å². The van der Waals surface area contributed by atoms with Crippen molar-refractivity contribution >= 4 is 10.0 Å². The number of nitrogens with one attached hydrogen (secondary N) is 1. The number of hydrogen-bond acceptors (Lipinski definition) is 7. The number of hydrogen-bond donors (Lipinski definition) is 1. The molecule has 0 radical (unpaired) electrons. The Hall–Kier alpha value is -2.33. The molecule has 1 unspecified atom stereocenters. The van der Waals surface area contributed by atoms with E-state index in [0.717, 1.165) is 50.3 Å². The summed E-state index contributed by atoms with van der Waals surface area (Å²) in [4.78, 5) is 4.83. The second kappa shape index (κ2) is 10.7. The van der Waals surface area contributed by atoms with Crippen molar-refractivity contribution in [3.63, 3.8) is 0 Å². The number of unbranched alkanes of at least 4 members (excludes halogenated alkanes) is 1. The Morgan fingerprint density at radius 1 is 1.03 bits per heavy atom. The van der Waals surface area contributed by atoms with Crippen LogP contribution < -0.4 is 18.9 Å². The summed E-state index contributed by atoms with van der Waals surface area (Å²) >= 11 is 0. The maximum Gasteiger partial charge on any atom is 0.240 e. The van der Waals surface area contributed by atoms with Gasteiger partial charge in [-0.25, -0.2) is 13.1 Å². The van der Waals surface area contributed by atoms with Gasteiger partial charge >= 0.3 is 0 Å². The van der Waals surface area contributed by atoms with Crippen molar-refractivity contribution in [3.05, 3.63) is 48.0 Å². The molecule has 0 aliphatic carbocycles. The lowest BCUT2D eigenvalue weighted by molar-refractivity contribution is 0.112. The molecule has 1 atom stereocenters. The molecular weight excluding hydrogens is 442 g/mol. The van der Waals surface area contributed by atoms with Gasteiger partial charge in [0.05, 0.1) is 11.5 Å². The van der Waals surface area contributed by atoms with E-state index >= 15 is 0 Å². The lowest BCUT2D eigenvalue weighted by Gasteiger charge is -2.38. The fourth-order valence-electron chi connectivity index (χ4n) is 4.03. The maximum atomic E-state index is 13.0. The predicted octanol–water partition coefficient (Wildman–Crippen LogP) is 2.86. The summed E-state index contributed by atoms with van der Waals surface area (Å²) in [6.45, 7) is 6.80. The van der Waals surface area contributed by atoms with Crippen molar-refractivity contribution < 1.29 is 22.6 Å². The highest BCUT2D eigenvalue weighted by Gasteiger charge is 2.27. The molecule has 1 saturated heterocycles. The van der Waals surface area contributed by atoms with E-state index in [9.17, 15) is 8.42 Å². The Labute approximate surface area is 196 Å². The first-order valence-electron chi connectivity index (χ1n) is 11.5. The third-order valence-corrected chi connectivity index (χ3v) is 7.57. The third kappa shape index (κ3) is 5.97. The zero-order chi connectivity index (χ0) is 23.3. The van der Waals surface area contributed by atoms with Crippen LogP contribution in [0.25, 0.3) is 0 Å². The number of ether oxygens (including phenoxy) is 3. The van der Waals surface area contributed by atoms with Crippen LogP contribution in [0.3, 0.4) is 0 Å². The summed E-state index contributed by atoms with van der Waals surface area (Å²) in [6.07, 6.45) is 2.02. The largest absolute Gasteiger partial charge is 0.494 e. The van der Waals surface area contributed by atoms with Crippen LogP contribution in [0.5, 0.6) is 17.2 Å². The summed E-state index contributed by atoms with van der Waals surface area (Å²) in [7, 11) is -1.56. The monoisotopic (exact) mass is 475 g/mol. The van der Waals surface area contributed by atoms with Crippen molar-refractivity contribution in [2.45, 2.75) is 30.7 Å². The van der Waals surface area contributed by atoms with Gasteiger partial charge in [0.15, 0.2) is 11.5 Å². The number of benzene rings is 2. The summed E-state index contributed by atoms with van der Waals surface area (Å²) in [5, 5.41) is 0. The van der Waals surface area contributed by atoms with Crippen molar-refractivity contribution in [1.29, 1.82) is 0 Å². The molecule has 2 aromatic carbocycles. The van der Waals surface area contributed by atoms with E-state index < -0.39 is 10.0 Å². The summed E-state index contributed by atoms with van der Waals surface area (Å²) in [6, 6.07) is 12.3. The van der Waals surface area contributed by atoms with Gasteiger partial charge in [-0.15, -0.1) is 0 Å². The van der Waals surface area contributed by atoms with Gasteiger partial charge < -0.3 is 19.1 Å². The quantitative estimate of drug-likeness (QED) is 0.529. The molecule has 0 amide bonds. The van der Waals surface area contributed by atoms with Crippen LogP contribution in [0.15, 0.2) is 47.4 Å². The average molecular weight is 476 g/mol. The van der Waals surface area contributed by atoms with Crippen LogP contribution >= 0.6 is 0 Å². The van der Waals surface area contributed by atoms with Crippen LogP contribution in [0, 0.1) is 0 Å². The van der Waals surface area contributed by atoms with E-state index in [-0.39, 0.29) is 24.3 Å². The highest BCUT2D eigenvalue weighted by Crippen LogP contribution is 2.35. The zero-order valence-corrected chi connectivity index (χ0v) is 20.1. The molecule has 33 heavy (non-hydrogen) atoms. The molecule has 9 heteroatoms. The Kier molecular flexibility index (Phi) is 7.75. The van der Waals surface area contributed by atoms with Crippen LogP contribution in [0.4, 0.5) is 0 Å². The van der Waals surface area contributed by atoms with Crippen LogP contribution in [0.1, 0.15) is 31.4 Å². The molecular formula is C24H33N3O5S. The molecule has 0 saturated carbocycles. The van der Waals surface area contributed by atoms with Crippen molar-refractivity contribution in [2.75, 3.05) is 53.2 Å². The van der Waals surface area contributed by atoms with Crippen LogP contribution in [0.2, 0.25) is 0 Å². The van der Waals surface area contributed by atoms with Gasteiger partial charge in [0.25, 0.3) is 0 Å². The second-order valence-corrected chi connectivity index (χ2v) is 10.3. The standard InChI is InChI=1S/C24H33N3O5S/c1-3-4-15-30-20-6-8-21(9-7-20)33(28,29)25-17-22(27-13-11-26(2)12-14-27)19-5-10-23-24(16-19)32-18-31-23/h5-10,16,22,25H,3-4,11-15,17-18H2,1-2H3. The first-order valence-corrected chi connectivity index (χ1v) is 13.0. The van der Waals surface area contributed by atoms with Gasteiger partial charge in [-0.2, -0.15) is 0 Å². The van der Waals surface area contributed by atoms with Crippen molar-refractivity contribution in [3.8, 4) is 17.2 Å². The Balaban J connectivity index is 1.47. The second-order valence-electron chi connectivity index (χ2n) is 8.49. The summed E-state index contributed by atoms with van der Waals surface area (Å²) < 4.78 is 45.5. The lowest BCUT2D eigenvalue weighted by Crippen LogP contribution is -2.48. The first kappa shape index (κ1) is 23.8. The fourth-order valence-corrected chi connectivity index (χ4v) is 5.07. The number of nitrogens with zero attached hydrogens (tertiary/aromatic N) is 2. The molecule has 0 aromatic heterocycles. The number of piperazine rings is 1. The Bertz CT molecular complexity index is 1020. The molecule has 2 aliphatic rings.